The molecule has 0 saturated carbocycles. The smallest absolute Gasteiger partial charge is 0.239 e. The van der Waals surface area contributed by atoms with Crippen LogP contribution < -0.4 is 16.4 Å². The molecule has 2 amide bonds. The summed E-state index contributed by atoms with van der Waals surface area (Å²) < 4.78 is 0. The second-order valence-electron chi connectivity index (χ2n) is 4.70. The third kappa shape index (κ3) is 6.40. The maximum Gasteiger partial charge on any atom is 0.239 e. The van der Waals surface area contributed by atoms with Crippen molar-refractivity contribution in [2.24, 2.45) is 16.6 Å². The first-order valence-corrected chi connectivity index (χ1v) is 6.51. The van der Waals surface area contributed by atoms with Crippen LogP contribution in [0.1, 0.15) is 19.3 Å². The summed E-state index contributed by atoms with van der Waals surface area (Å²) in [4.78, 5) is 28.4. The van der Waals surface area contributed by atoms with E-state index in [0.29, 0.717) is 12.4 Å². The fraction of sp³-hybridized carbons (Fsp3) is 0.750. The third-order valence-electron chi connectivity index (χ3n) is 3.21. The topological polar surface area (TPSA) is 99.8 Å². The van der Waals surface area contributed by atoms with Crippen molar-refractivity contribution in [3.8, 4) is 0 Å². The van der Waals surface area contributed by atoms with Crippen molar-refractivity contribution >= 4 is 41.8 Å². The van der Waals surface area contributed by atoms with Gasteiger partial charge in [-0.1, -0.05) is 0 Å². The SMILES string of the molecule is CN=C(NCC(=O)NC)N1CCCC(CC(N)=O)C1.I. The molecule has 0 spiro atoms. The number of hydrogen-bond donors (Lipinski definition) is 3. The van der Waals surface area contributed by atoms with Crippen molar-refractivity contribution < 1.29 is 9.59 Å². The summed E-state index contributed by atoms with van der Waals surface area (Å²) >= 11 is 0. The predicted molar refractivity (Wildman–Crippen MR) is 89.0 cm³/mol. The number of carbonyl (C=O) groups excluding carboxylic acids is 2. The van der Waals surface area contributed by atoms with Gasteiger partial charge in [0.1, 0.15) is 0 Å². The molecule has 1 aliphatic heterocycles. The summed E-state index contributed by atoms with van der Waals surface area (Å²) in [6.07, 6.45) is 2.41. The minimum atomic E-state index is -0.264. The van der Waals surface area contributed by atoms with Gasteiger partial charge in [0.25, 0.3) is 0 Å². The van der Waals surface area contributed by atoms with Crippen LogP contribution in [0.15, 0.2) is 4.99 Å². The van der Waals surface area contributed by atoms with Gasteiger partial charge in [0.05, 0.1) is 6.54 Å². The number of likely N-dealkylation sites (tertiary alicyclic amines) is 1. The number of nitrogens with two attached hydrogens (primary N) is 1. The molecule has 8 heteroatoms. The maximum absolute atomic E-state index is 11.2. The number of halogens is 1. The standard InChI is InChI=1S/C12H23N5O2.HI/c1-14-11(19)7-16-12(15-2)17-5-3-4-9(8-17)6-10(13)18;/h9H,3-8H2,1-2H3,(H2,13,18)(H,14,19)(H,15,16);1H. The molecule has 1 saturated heterocycles. The summed E-state index contributed by atoms with van der Waals surface area (Å²) in [5.41, 5.74) is 5.24. The Morgan fingerprint density at radius 2 is 2.15 bits per heavy atom. The highest BCUT2D eigenvalue weighted by Gasteiger charge is 2.23. The first kappa shape index (κ1) is 18.9. The molecule has 0 aromatic rings. The molecule has 1 fully saturated rings. The van der Waals surface area contributed by atoms with Crippen LogP contribution in [0.25, 0.3) is 0 Å². The van der Waals surface area contributed by atoms with Crippen molar-refractivity contribution in [2.45, 2.75) is 19.3 Å². The summed E-state index contributed by atoms with van der Waals surface area (Å²) in [5.74, 6) is 0.606. The minimum Gasteiger partial charge on any atom is -0.370 e. The van der Waals surface area contributed by atoms with Crippen LogP contribution in [0.5, 0.6) is 0 Å². The van der Waals surface area contributed by atoms with Crippen molar-refractivity contribution in [1.29, 1.82) is 0 Å². The largest absolute Gasteiger partial charge is 0.370 e. The van der Waals surface area contributed by atoms with Gasteiger partial charge in [-0.2, -0.15) is 0 Å². The van der Waals surface area contributed by atoms with E-state index in [1.165, 1.54) is 0 Å². The number of piperidine rings is 1. The molecule has 1 atom stereocenters. The second-order valence-corrected chi connectivity index (χ2v) is 4.70. The third-order valence-corrected chi connectivity index (χ3v) is 3.21. The fourth-order valence-electron chi connectivity index (χ4n) is 2.29. The lowest BCUT2D eigenvalue weighted by molar-refractivity contribution is -0.120. The van der Waals surface area contributed by atoms with Crippen LogP contribution in [0.2, 0.25) is 0 Å². The number of likely N-dealkylation sites (N-methyl/N-ethyl adjacent to an activating group) is 1. The Bertz CT molecular complexity index is 362. The first-order chi connectivity index (χ1) is 9.06. The molecule has 1 heterocycles. The van der Waals surface area contributed by atoms with E-state index in [2.05, 4.69) is 20.5 Å². The van der Waals surface area contributed by atoms with Crippen LogP contribution in [0, 0.1) is 5.92 Å². The van der Waals surface area contributed by atoms with Gasteiger partial charge >= 0.3 is 0 Å². The van der Waals surface area contributed by atoms with E-state index in [-0.39, 0.29) is 48.3 Å². The van der Waals surface area contributed by atoms with Crippen molar-refractivity contribution in [3.05, 3.63) is 0 Å². The lowest BCUT2D eigenvalue weighted by Crippen LogP contribution is -2.49. The Morgan fingerprint density at radius 1 is 1.45 bits per heavy atom. The van der Waals surface area contributed by atoms with Crippen LogP contribution in [-0.2, 0) is 9.59 Å². The summed E-state index contributed by atoms with van der Waals surface area (Å²) in [5, 5.41) is 5.56. The van der Waals surface area contributed by atoms with Crippen molar-refractivity contribution in [1.82, 2.24) is 15.5 Å². The highest BCUT2D eigenvalue weighted by atomic mass is 127. The second kappa shape index (κ2) is 9.78. The average Bonchev–Trinajstić information content (AvgIpc) is 2.38. The van der Waals surface area contributed by atoms with Gasteiger partial charge in [-0.3, -0.25) is 14.6 Å². The first-order valence-electron chi connectivity index (χ1n) is 6.51. The monoisotopic (exact) mass is 397 g/mol. The van der Waals surface area contributed by atoms with Gasteiger partial charge in [0, 0.05) is 33.6 Å². The molecule has 1 rings (SSSR count). The molecule has 20 heavy (non-hydrogen) atoms. The molecule has 116 valence electrons. The highest BCUT2D eigenvalue weighted by molar-refractivity contribution is 14.0. The zero-order valence-corrected chi connectivity index (χ0v) is 14.3. The number of carbonyl (C=O) groups is 2. The van der Waals surface area contributed by atoms with Gasteiger partial charge < -0.3 is 21.3 Å². The molecule has 0 bridgehead atoms. The van der Waals surface area contributed by atoms with Gasteiger partial charge in [-0.15, -0.1) is 24.0 Å². The van der Waals surface area contributed by atoms with Gasteiger partial charge in [0.15, 0.2) is 5.96 Å². The number of amides is 2. The lowest BCUT2D eigenvalue weighted by Gasteiger charge is -2.34. The zero-order chi connectivity index (χ0) is 14.3. The molecule has 0 radical (unpaired) electrons. The lowest BCUT2D eigenvalue weighted by atomic mass is 9.95. The Kier molecular flexibility index (Phi) is 9.26. The van der Waals surface area contributed by atoms with Gasteiger partial charge in [-0.25, -0.2) is 0 Å². The Labute approximate surface area is 136 Å². The molecule has 7 nitrogen and oxygen atoms in total. The molecule has 1 unspecified atom stereocenters. The average molecular weight is 397 g/mol. The number of nitrogens with zero attached hydrogens (tertiary/aromatic N) is 2. The van der Waals surface area contributed by atoms with Crippen LogP contribution in [0.4, 0.5) is 0 Å². The van der Waals surface area contributed by atoms with Gasteiger partial charge in [0.2, 0.25) is 11.8 Å². The molecule has 0 aromatic heterocycles. The molecule has 0 aromatic carbocycles. The van der Waals surface area contributed by atoms with E-state index in [0.717, 1.165) is 25.9 Å². The Morgan fingerprint density at radius 3 is 2.70 bits per heavy atom. The predicted octanol–water partition coefficient (Wildman–Crippen LogP) is -0.487. The number of primary amides is 1. The maximum atomic E-state index is 11.2. The van der Waals surface area contributed by atoms with Crippen LogP contribution >= 0.6 is 24.0 Å². The molecule has 1 aliphatic rings. The highest BCUT2D eigenvalue weighted by Crippen LogP contribution is 2.19. The van der Waals surface area contributed by atoms with E-state index in [9.17, 15) is 9.59 Å². The number of hydrogen-bond acceptors (Lipinski definition) is 3. The Hall–Kier alpha value is -1.06. The molecule has 0 aliphatic carbocycles. The quantitative estimate of drug-likeness (QED) is 0.339. The van der Waals surface area contributed by atoms with Crippen molar-refractivity contribution in [2.75, 3.05) is 33.7 Å². The summed E-state index contributed by atoms with van der Waals surface area (Å²) in [7, 11) is 3.28. The minimum absolute atomic E-state index is 0. The van der Waals surface area contributed by atoms with Crippen LogP contribution in [0.3, 0.4) is 0 Å². The number of nitrogens with one attached hydrogen (secondary N) is 2. The number of rotatable bonds is 4. The molecular weight excluding hydrogens is 373 g/mol. The normalized spacial score (nSPS) is 19.0. The van der Waals surface area contributed by atoms with E-state index < -0.39 is 0 Å². The molecular formula is C12H24IN5O2. The van der Waals surface area contributed by atoms with E-state index in [1.807, 2.05) is 0 Å². The van der Waals surface area contributed by atoms with E-state index >= 15 is 0 Å². The van der Waals surface area contributed by atoms with E-state index in [1.54, 1.807) is 14.1 Å². The van der Waals surface area contributed by atoms with Crippen molar-refractivity contribution in [3.63, 3.8) is 0 Å². The number of aliphatic imine (C=N–C) groups is 1. The fourth-order valence-corrected chi connectivity index (χ4v) is 2.29. The summed E-state index contributed by atoms with van der Waals surface area (Å²) in [6, 6.07) is 0. The van der Waals surface area contributed by atoms with Gasteiger partial charge in [-0.05, 0) is 18.8 Å². The zero-order valence-electron chi connectivity index (χ0n) is 12.0. The van der Waals surface area contributed by atoms with Crippen LogP contribution in [-0.4, -0.2) is 56.4 Å². The Balaban J connectivity index is 0.00000361. The van der Waals surface area contributed by atoms with E-state index in [4.69, 9.17) is 5.73 Å². The molecule has 4 N–H and O–H groups in total. The summed E-state index contributed by atoms with van der Waals surface area (Å²) in [6.45, 7) is 1.82. The number of guanidine groups is 1.